The first-order valence-corrected chi connectivity index (χ1v) is 17.7. The van der Waals surface area contributed by atoms with E-state index in [1.165, 1.54) is 4.90 Å². The van der Waals surface area contributed by atoms with E-state index in [1.54, 1.807) is 0 Å². The number of anilines is 2. The molecular formula is C32H34F3N3O3Si. The Morgan fingerprint density at radius 2 is 1.67 bits per heavy atom. The molecule has 42 heavy (non-hydrogen) atoms. The number of morpholine rings is 1. The lowest BCUT2D eigenvalue weighted by Crippen LogP contribution is -2.52. The molecule has 220 valence electrons. The van der Waals surface area contributed by atoms with Crippen molar-refractivity contribution in [2.45, 2.75) is 32.0 Å². The summed E-state index contributed by atoms with van der Waals surface area (Å²) in [5.74, 6) is -5.77. The molecule has 1 atom stereocenters. The molecule has 4 aliphatic heterocycles. The molecule has 6 nitrogen and oxygen atoms in total. The number of rotatable bonds is 5. The first-order chi connectivity index (χ1) is 20.2. The summed E-state index contributed by atoms with van der Waals surface area (Å²) in [6, 6.07) is 6.15. The van der Waals surface area contributed by atoms with Crippen molar-refractivity contribution in [3.05, 3.63) is 81.3 Å². The van der Waals surface area contributed by atoms with Crippen LogP contribution in [0.25, 0.3) is 5.57 Å². The maximum Gasteiger partial charge on any atom is 0.339 e. The summed E-state index contributed by atoms with van der Waals surface area (Å²) in [5, 5.41) is 12.3. The van der Waals surface area contributed by atoms with Crippen LogP contribution in [0.3, 0.4) is 0 Å². The zero-order chi connectivity index (χ0) is 29.3. The Hall–Kier alpha value is -3.34. The summed E-state index contributed by atoms with van der Waals surface area (Å²) in [4.78, 5) is 18.7. The second-order valence-electron chi connectivity index (χ2n) is 12.2. The number of allylic oxidation sites excluding steroid dienone is 3. The van der Waals surface area contributed by atoms with E-state index in [-0.39, 0.29) is 32.3 Å². The van der Waals surface area contributed by atoms with Crippen molar-refractivity contribution in [1.82, 2.24) is 4.90 Å². The van der Waals surface area contributed by atoms with Crippen LogP contribution in [0.4, 0.5) is 24.5 Å². The summed E-state index contributed by atoms with van der Waals surface area (Å²) >= 11 is 0. The average molecular weight is 594 g/mol. The lowest BCUT2D eigenvalue weighted by Gasteiger charge is -2.43. The van der Waals surface area contributed by atoms with E-state index in [1.807, 2.05) is 18.2 Å². The molecule has 0 spiro atoms. The van der Waals surface area contributed by atoms with Gasteiger partial charge in [0.25, 0.3) is 0 Å². The van der Waals surface area contributed by atoms with Gasteiger partial charge in [0.15, 0.2) is 17.5 Å². The monoisotopic (exact) mass is 593 g/mol. The SMILES string of the molecule is C[Si]1(C)C2=CC(N3CCC3)C=CC2=C(c2c(F)c(N3CCOCC3)c(F)c(F)c2C(=O)O)c2ccc(N3CCC3)cc21. The van der Waals surface area contributed by atoms with Gasteiger partial charge in [-0.1, -0.05) is 37.4 Å². The molecule has 1 aliphatic carbocycles. The molecule has 1 N–H and O–H groups in total. The van der Waals surface area contributed by atoms with E-state index in [0.29, 0.717) is 16.7 Å². The van der Waals surface area contributed by atoms with Gasteiger partial charge in [0.1, 0.15) is 19.3 Å². The molecule has 2 aromatic carbocycles. The predicted molar refractivity (Wildman–Crippen MR) is 160 cm³/mol. The summed E-state index contributed by atoms with van der Waals surface area (Å²) < 4.78 is 53.6. The van der Waals surface area contributed by atoms with Gasteiger partial charge in [-0.2, -0.15) is 0 Å². The van der Waals surface area contributed by atoms with Crippen molar-refractivity contribution in [3.8, 4) is 0 Å². The Labute approximate surface area is 244 Å². The smallest absolute Gasteiger partial charge is 0.339 e. The Balaban J connectivity index is 1.53. The first kappa shape index (κ1) is 27.5. The molecule has 5 aliphatic rings. The molecule has 3 fully saturated rings. The summed E-state index contributed by atoms with van der Waals surface area (Å²) in [6.07, 6.45) is 8.50. The van der Waals surface area contributed by atoms with Gasteiger partial charge in [-0.25, -0.2) is 18.0 Å². The second kappa shape index (κ2) is 10.1. The Morgan fingerprint density at radius 1 is 0.952 bits per heavy atom. The number of hydrogen-bond acceptors (Lipinski definition) is 5. The van der Waals surface area contributed by atoms with Crippen LogP contribution in [0.2, 0.25) is 13.1 Å². The molecule has 0 aromatic heterocycles. The minimum Gasteiger partial charge on any atom is -0.478 e. The Morgan fingerprint density at radius 3 is 2.29 bits per heavy atom. The van der Waals surface area contributed by atoms with Gasteiger partial charge >= 0.3 is 5.97 Å². The first-order valence-electron chi connectivity index (χ1n) is 14.7. The summed E-state index contributed by atoms with van der Waals surface area (Å²) in [5.41, 5.74) is 0.893. The third-order valence-electron chi connectivity index (χ3n) is 9.60. The van der Waals surface area contributed by atoms with Crippen LogP contribution in [-0.4, -0.2) is 82.6 Å². The number of hydrogen-bond donors (Lipinski definition) is 1. The van der Waals surface area contributed by atoms with Gasteiger partial charge in [0.2, 0.25) is 0 Å². The standard InChI is InChI=1S/C32H34F3N3O3Si/c1-42(2)23-17-19(36-9-3-10-36)5-7-21(23)25(22-8-6-20(18-24(22)42)37-11-4-12-37)26-27(32(39)40)28(33)30(35)31(29(26)34)38-13-15-41-16-14-38/h5-8,17-19H,3-4,9-16H2,1-2H3,(H,39,40). The molecule has 0 radical (unpaired) electrons. The van der Waals surface area contributed by atoms with Gasteiger partial charge in [-0.3, -0.25) is 4.90 Å². The van der Waals surface area contributed by atoms with Crippen LogP contribution < -0.4 is 15.0 Å². The topological polar surface area (TPSA) is 56.3 Å². The summed E-state index contributed by atoms with van der Waals surface area (Å²) in [6.45, 7) is 9.24. The molecule has 7 rings (SSSR count). The van der Waals surface area contributed by atoms with Crippen molar-refractivity contribution in [2.75, 3.05) is 62.3 Å². The Kier molecular flexibility index (Phi) is 6.63. The number of nitrogens with zero attached hydrogens (tertiary/aromatic N) is 3. The van der Waals surface area contributed by atoms with E-state index < -0.39 is 48.3 Å². The van der Waals surface area contributed by atoms with Gasteiger partial charge in [-0.15, -0.1) is 0 Å². The molecule has 3 saturated heterocycles. The quantitative estimate of drug-likeness (QED) is 0.401. The van der Waals surface area contributed by atoms with Crippen molar-refractivity contribution in [1.29, 1.82) is 0 Å². The molecule has 0 bridgehead atoms. The number of halogens is 3. The second-order valence-corrected chi connectivity index (χ2v) is 16.6. The number of carbonyl (C=O) groups is 1. The van der Waals surface area contributed by atoms with Crippen LogP contribution in [0.15, 0.2) is 47.2 Å². The number of benzene rings is 2. The Bertz CT molecular complexity index is 1590. The lowest BCUT2D eigenvalue weighted by molar-refractivity contribution is 0.0689. The number of likely N-dealkylation sites (tertiary alicyclic amines) is 1. The van der Waals surface area contributed by atoms with E-state index in [2.05, 4.69) is 41.1 Å². The summed E-state index contributed by atoms with van der Waals surface area (Å²) in [7, 11) is -2.39. The van der Waals surface area contributed by atoms with Gasteiger partial charge < -0.3 is 19.6 Å². The third-order valence-corrected chi connectivity index (χ3v) is 13.1. The molecule has 0 saturated carbocycles. The fraction of sp³-hybridized carbons (Fsp3) is 0.406. The predicted octanol–water partition coefficient (Wildman–Crippen LogP) is 4.69. The highest BCUT2D eigenvalue weighted by molar-refractivity contribution is 6.97. The third kappa shape index (κ3) is 4.10. The van der Waals surface area contributed by atoms with E-state index in [9.17, 15) is 9.90 Å². The van der Waals surface area contributed by atoms with Crippen molar-refractivity contribution in [2.24, 2.45) is 0 Å². The van der Waals surface area contributed by atoms with Crippen LogP contribution in [0, 0.1) is 17.5 Å². The van der Waals surface area contributed by atoms with Crippen molar-refractivity contribution < 1.29 is 27.8 Å². The highest BCUT2D eigenvalue weighted by Gasteiger charge is 2.44. The highest BCUT2D eigenvalue weighted by atomic mass is 28.3. The van der Waals surface area contributed by atoms with Crippen LogP contribution in [-0.2, 0) is 4.74 Å². The van der Waals surface area contributed by atoms with Crippen molar-refractivity contribution in [3.63, 3.8) is 0 Å². The maximum absolute atomic E-state index is 16.9. The zero-order valence-electron chi connectivity index (χ0n) is 23.9. The van der Waals surface area contributed by atoms with Crippen LogP contribution >= 0.6 is 0 Å². The average Bonchev–Trinajstić information content (AvgIpc) is 2.91. The number of carboxylic acid groups (broad SMARTS) is 1. The molecule has 1 unspecified atom stereocenters. The fourth-order valence-electron chi connectivity index (χ4n) is 6.98. The van der Waals surface area contributed by atoms with Crippen LogP contribution in [0.5, 0.6) is 0 Å². The highest BCUT2D eigenvalue weighted by Crippen LogP contribution is 2.46. The largest absolute Gasteiger partial charge is 0.478 e. The minimum atomic E-state index is -2.39. The number of carboxylic acids is 1. The lowest BCUT2D eigenvalue weighted by atomic mass is 9.85. The van der Waals surface area contributed by atoms with E-state index in [4.69, 9.17) is 4.74 Å². The van der Waals surface area contributed by atoms with Gasteiger partial charge in [0, 0.05) is 56.6 Å². The van der Waals surface area contributed by atoms with Crippen molar-refractivity contribution >= 4 is 36.2 Å². The fourth-order valence-corrected chi connectivity index (χ4v) is 10.1. The molecular weight excluding hydrogens is 559 g/mol. The minimum absolute atomic E-state index is 0.0864. The molecule has 10 heteroatoms. The molecule has 2 aromatic rings. The van der Waals surface area contributed by atoms with E-state index in [0.717, 1.165) is 55.1 Å². The maximum atomic E-state index is 16.9. The zero-order valence-corrected chi connectivity index (χ0v) is 24.9. The van der Waals surface area contributed by atoms with Gasteiger partial charge in [-0.05, 0) is 52.1 Å². The number of ether oxygens (including phenoxy) is 1. The number of aromatic carboxylic acids is 1. The number of fused-ring (bicyclic) bond motifs is 2. The van der Waals surface area contributed by atoms with E-state index >= 15 is 13.2 Å². The van der Waals surface area contributed by atoms with Crippen LogP contribution in [0.1, 0.15) is 34.3 Å². The molecule has 0 amide bonds. The normalized spacial score (nSPS) is 23.2. The molecule has 4 heterocycles. The van der Waals surface area contributed by atoms with Gasteiger partial charge in [0.05, 0.1) is 13.2 Å².